The minimum absolute atomic E-state index is 0.0949. The van der Waals surface area contributed by atoms with Crippen LogP contribution < -0.4 is 0 Å². The predicted octanol–water partition coefficient (Wildman–Crippen LogP) is 4.51. The van der Waals surface area contributed by atoms with Crippen molar-refractivity contribution in [3.05, 3.63) is 59.9 Å². The van der Waals surface area contributed by atoms with Crippen molar-refractivity contribution < 1.29 is 19.0 Å². The number of fused-ring (bicyclic) bond motifs is 1. The summed E-state index contributed by atoms with van der Waals surface area (Å²) in [6.07, 6.45) is 1.39. The van der Waals surface area contributed by atoms with E-state index >= 15 is 0 Å². The number of benzene rings is 2. The molecule has 0 fully saturated rings. The van der Waals surface area contributed by atoms with Crippen molar-refractivity contribution in [2.24, 2.45) is 0 Å². The van der Waals surface area contributed by atoms with E-state index in [9.17, 15) is 20.7 Å². The Kier molecular flexibility index (Phi) is 3.39. The summed E-state index contributed by atoms with van der Waals surface area (Å²) in [5.74, 6) is 0.647. The summed E-state index contributed by atoms with van der Waals surface area (Å²) in [7, 11) is 0. The first-order chi connectivity index (χ1) is 12.6. The highest BCUT2D eigenvalue weighted by Gasteiger charge is 2.24. The first kappa shape index (κ1) is 15.4. The quantitative estimate of drug-likeness (QED) is 0.554. The molecule has 2 N–H and O–H groups in total. The zero-order chi connectivity index (χ0) is 18.3. The molecule has 6 nitrogen and oxygen atoms in total. The van der Waals surface area contributed by atoms with Crippen LogP contribution in [-0.4, -0.2) is 10.2 Å². The Hall–Kier alpha value is -4.16. The maximum Gasteiger partial charge on any atom is 0.156 e. The van der Waals surface area contributed by atoms with Gasteiger partial charge in [0.1, 0.15) is 29.4 Å². The van der Waals surface area contributed by atoms with Crippen LogP contribution >= 0.6 is 0 Å². The SMILES string of the molecule is N#Cc1ccoc1-c1c(-c2ccc(O)cc2)oc2c(C#N)cc(O)cc12. The molecule has 4 rings (SSSR count). The molecule has 0 saturated carbocycles. The van der Waals surface area contributed by atoms with Crippen molar-refractivity contribution in [2.45, 2.75) is 0 Å². The molecule has 26 heavy (non-hydrogen) atoms. The molecule has 0 atom stereocenters. The Labute approximate surface area is 147 Å². The molecular weight excluding hydrogens is 332 g/mol. The van der Waals surface area contributed by atoms with Crippen molar-refractivity contribution >= 4 is 11.0 Å². The second-order valence-corrected chi connectivity index (χ2v) is 5.61. The Bertz CT molecular complexity index is 1220. The van der Waals surface area contributed by atoms with Crippen LogP contribution in [0.5, 0.6) is 11.5 Å². The molecule has 124 valence electrons. The van der Waals surface area contributed by atoms with Gasteiger partial charge in [0.2, 0.25) is 0 Å². The lowest BCUT2D eigenvalue weighted by molar-refractivity contribution is 0.474. The van der Waals surface area contributed by atoms with E-state index in [1.165, 1.54) is 36.6 Å². The highest BCUT2D eigenvalue weighted by atomic mass is 16.3. The van der Waals surface area contributed by atoms with Gasteiger partial charge < -0.3 is 19.0 Å². The summed E-state index contributed by atoms with van der Waals surface area (Å²) in [5.41, 5.74) is 1.83. The average Bonchev–Trinajstić information content (AvgIpc) is 3.25. The normalized spacial score (nSPS) is 10.5. The molecule has 0 aliphatic carbocycles. The van der Waals surface area contributed by atoms with Crippen molar-refractivity contribution in [2.75, 3.05) is 0 Å². The summed E-state index contributed by atoms with van der Waals surface area (Å²) >= 11 is 0. The second kappa shape index (κ2) is 5.73. The number of nitriles is 2. The molecule has 2 aromatic heterocycles. The Balaban J connectivity index is 2.14. The smallest absolute Gasteiger partial charge is 0.156 e. The topological polar surface area (TPSA) is 114 Å². The third-order valence-electron chi connectivity index (χ3n) is 4.04. The van der Waals surface area contributed by atoms with Gasteiger partial charge >= 0.3 is 0 Å². The Morgan fingerprint density at radius 2 is 1.54 bits per heavy atom. The van der Waals surface area contributed by atoms with Crippen LogP contribution in [-0.2, 0) is 0 Å². The van der Waals surface area contributed by atoms with Gasteiger partial charge in [0, 0.05) is 17.0 Å². The largest absolute Gasteiger partial charge is 0.508 e. The van der Waals surface area contributed by atoms with Crippen LogP contribution in [0.3, 0.4) is 0 Å². The molecule has 2 heterocycles. The molecule has 0 aliphatic rings. The lowest BCUT2D eigenvalue weighted by atomic mass is 10.00. The lowest BCUT2D eigenvalue weighted by Crippen LogP contribution is -1.82. The van der Waals surface area contributed by atoms with E-state index in [2.05, 4.69) is 6.07 Å². The summed E-state index contributed by atoms with van der Waals surface area (Å²) in [6.45, 7) is 0. The molecule has 2 aromatic carbocycles. The van der Waals surface area contributed by atoms with Gasteiger partial charge in [-0.1, -0.05) is 0 Å². The van der Waals surface area contributed by atoms with Gasteiger partial charge in [-0.3, -0.25) is 0 Å². The van der Waals surface area contributed by atoms with E-state index in [0.717, 1.165) is 0 Å². The number of rotatable bonds is 2. The summed E-state index contributed by atoms with van der Waals surface area (Å²) in [5, 5.41) is 38.7. The van der Waals surface area contributed by atoms with Gasteiger partial charge in [0.25, 0.3) is 0 Å². The van der Waals surface area contributed by atoms with Crippen LogP contribution in [0.2, 0.25) is 0 Å². The van der Waals surface area contributed by atoms with E-state index in [4.69, 9.17) is 8.83 Å². The number of nitrogens with zero attached hydrogens (tertiary/aromatic N) is 2. The van der Waals surface area contributed by atoms with Crippen molar-refractivity contribution in [3.63, 3.8) is 0 Å². The minimum atomic E-state index is -0.0987. The highest BCUT2D eigenvalue weighted by molar-refractivity contribution is 6.03. The van der Waals surface area contributed by atoms with E-state index in [1.807, 2.05) is 6.07 Å². The van der Waals surface area contributed by atoms with E-state index in [0.29, 0.717) is 27.8 Å². The molecule has 0 amide bonds. The molecule has 4 aromatic rings. The van der Waals surface area contributed by atoms with E-state index < -0.39 is 0 Å². The van der Waals surface area contributed by atoms with Gasteiger partial charge in [-0.05, 0) is 36.4 Å². The second-order valence-electron chi connectivity index (χ2n) is 5.61. The Morgan fingerprint density at radius 1 is 0.808 bits per heavy atom. The molecule has 0 aliphatic heterocycles. The van der Waals surface area contributed by atoms with Crippen LogP contribution in [0, 0.1) is 22.7 Å². The molecule has 0 radical (unpaired) electrons. The molecule has 0 spiro atoms. The summed E-state index contributed by atoms with van der Waals surface area (Å²) in [6, 6.07) is 14.7. The maximum absolute atomic E-state index is 9.99. The zero-order valence-electron chi connectivity index (χ0n) is 13.2. The van der Waals surface area contributed by atoms with Gasteiger partial charge in [-0.25, -0.2) is 0 Å². The van der Waals surface area contributed by atoms with Crippen molar-refractivity contribution in [1.29, 1.82) is 10.5 Å². The van der Waals surface area contributed by atoms with Crippen LogP contribution in [0.1, 0.15) is 11.1 Å². The monoisotopic (exact) mass is 342 g/mol. The number of phenols is 2. The van der Waals surface area contributed by atoms with Gasteiger partial charge in [0.05, 0.1) is 23.0 Å². The standard InChI is InChI=1S/C20H10N2O4/c21-9-12-5-6-25-19(12)17-16-8-15(24)7-13(10-22)18(16)26-20(17)11-1-3-14(23)4-2-11/h1-8,23-24H. The molecular formula is C20H10N2O4. The Morgan fingerprint density at radius 3 is 2.23 bits per heavy atom. The fraction of sp³-hybridized carbons (Fsp3) is 0. The molecule has 0 unspecified atom stereocenters. The third-order valence-corrected chi connectivity index (χ3v) is 4.04. The van der Waals surface area contributed by atoms with Crippen LogP contribution in [0.4, 0.5) is 0 Å². The number of furan rings is 2. The van der Waals surface area contributed by atoms with Crippen molar-refractivity contribution in [3.8, 4) is 46.3 Å². The summed E-state index contributed by atoms with van der Waals surface area (Å²) < 4.78 is 11.5. The number of hydrogen-bond acceptors (Lipinski definition) is 6. The first-order valence-corrected chi connectivity index (χ1v) is 7.59. The van der Waals surface area contributed by atoms with Crippen LogP contribution in [0.15, 0.2) is 57.6 Å². The number of phenolic OH excluding ortho intramolecular Hbond substituents is 2. The zero-order valence-corrected chi connectivity index (χ0v) is 13.2. The molecule has 0 saturated heterocycles. The molecule has 6 heteroatoms. The minimum Gasteiger partial charge on any atom is -0.508 e. The fourth-order valence-electron chi connectivity index (χ4n) is 2.90. The van der Waals surface area contributed by atoms with Gasteiger partial charge in [0.15, 0.2) is 11.3 Å². The van der Waals surface area contributed by atoms with Crippen molar-refractivity contribution in [1.82, 2.24) is 0 Å². The average molecular weight is 342 g/mol. The van der Waals surface area contributed by atoms with Gasteiger partial charge in [-0.2, -0.15) is 10.5 Å². The summed E-state index contributed by atoms with van der Waals surface area (Å²) in [4.78, 5) is 0. The predicted molar refractivity (Wildman–Crippen MR) is 92.1 cm³/mol. The molecule has 0 bridgehead atoms. The lowest BCUT2D eigenvalue weighted by Gasteiger charge is -2.02. The van der Waals surface area contributed by atoms with Gasteiger partial charge in [-0.15, -0.1) is 0 Å². The highest BCUT2D eigenvalue weighted by Crippen LogP contribution is 2.44. The fourth-order valence-corrected chi connectivity index (χ4v) is 2.90. The third kappa shape index (κ3) is 2.26. The van der Waals surface area contributed by atoms with Crippen LogP contribution in [0.25, 0.3) is 33.6 Å². The first-order valence-electron chi connectivity index (χ1n) is 7.59. The number of aromatic hydroxyl groups is 2. The number of hydrogen-bond donors (Lipinski definition) is 2. The van der Waals surface area contributed by atoms with E-state index in [1.54, 1.807) is 12.1 Å². The van der Waals surface area contributed by atoms with E-state index in [-0.39, 0.29) is 28.4 Å². The maximum atomic E-state index is 9.99.